The third-order valence-electron chi connectivity index (χ3n) is 5.88. The number of fused-ring (bicyclic) bond motifs is 3. The molecule has 4 rings (SSSR count). The van der Waals surface area contributed by atoms with Crippen LogP contribution in [0.4, 0.5) is 4.39 Å². The number of carbonyl (C=O) groups is 1. The lowest BCUT2D eigenvalue weighted by Gasteiger charge is -2.16. The third kappa shape index (κ3) is 4.99. The molecular formula is C27H28FN3O2S. The van der Waals surface area contributed by atoms with E-state index in [1.807, 2.05) is 30.9 Å². The van der Waals surface area contributed by atoms with Crippen LogP contribution in [0.2, 0.25) is 0 Å². The SMILES string of the molecule is CCNC(=O)C[C@@H]1N=C(c2ccc(F)cc2)c2ccc(CSCC)cc2-c2cn(C)c(=O)cc21. The number of nitrogens with zero attached hydrogens (tertiary/aromatic N) is 2. The van der Waals surface area contributed by atoms with Crippen molar-refractivity contribution in [2.24, 2.45) is 12.0 Å². The first-order valence-electron chi connectivity index (χ1n) is 11.4. The number of hydrogen-bond acceptors (Lipinski definition) is 4. The Kier molecular flexibility index (Phi) is 7.32. The Balaban J connectivity index is 1.98. The van der Waals surface area contributed by atoms with Crippen LogP contribution in [0.1, 0.15) is 48.6 Å². The van der Waals surface area contributed by atoms with Crippen LogP contribution < -0.4 is 10.9 Å². The molecule has 2 heterocycles. The Morgan fingerprint density at radius 2 is 1.85 bits per heavy atom. The smallest absolute Gasteiger partial charge is 0.250 e. The topological polar surface area (TPSA) is 63.5 Å². The van der Waals surface area contributed by atoms with E-state index < -0.39 is 6.04 Å². The standard InChI is InChI=1S/C27H28FN3O2S/c1-4-29-25(32)14-24-22-13-26(33)31(3)15-23(22)21-12-17(16-34-5-2)6-11-20(21)27(30-24)18-7-9-19(28)10-8-18/h6-13,15,24H,4-5,14,16H2,1-3H3,(H,29,32)/t24-/m0/s1. The van der Waals surface area contributed by atoms with Gasteiger partial charge in [0, 0.05) is 48.3 Å². The van der Waals surface area contributed by atoms with Gasteiger partial charge in [-0.1, -0.05) is 19.1 Å². The van der Waals surface area contributed by atoms with Crippen LogP contribution in [0.5, 0.6) is 0 Å². The number of aromatic nitrogens is 1. The van der Waals surface area contributed by atoms with Crippen LogP contribution in [0, 0.1) is 5.82 Å². The summed E-state index contributed by atoms with van der Waals surface area (Å²) < 4.78 is 15.3. The molecule has 2 aromatic carbocycles. The van der Waals surface area contributed by atoms with Gasteiger partial charge in [0.05, 0.1) is 18.2 Å². The summed E-state index contributed by atoms with van der Waals surface area (Å²) in [5.74, 6) is 1.43. The fourth-order valence-corrected chi connectivity index (χ4v) is 4.83. The number of hydrogen-bond donors (Lipinski definition) is 1. The quantitative estimate of drug-likeness (QED) is 0.529. The van der Waals surface area contributed by atoms with Crippen molar-refractivity contribution in [1.29, 1.82) is 0 Å². The Morgan fingerprint density at radius 1 is 1.09 bits per heavy atom. The van der Waals surface area contributed by atoms with Crippen molar-refractivity contribution in [2.75, 3.05) is 12.3 Å². The Morgan fingerprint density at radius 3 is 2.56 bits per heavy atom. The third-order valence-corrected chi connectivity index (χ3v) is 6.82. The largest absolute Gasteiger partial charge is 0.356 e. The molecule has 0 saturated heterocycles. The summed E-state index contributed by atoms with van der Waals surface area (Å²) in [4.78, 5) is 30.3. The molecule has 1 aliphatic heterocycles. The molecule has 34 heavy (non-hydrogen) atoms. The second-order valence-corrected chi connectivity index (χ2v) is 9.54. The zero-order chi connectivity index (χ0) is 24.2. The maximum Gasteiger partial charge on any atom is 0.250 e. The molecule has 7 heteroatoms. The van der Waals surface area contributed by atoms with Crippen molar-refractivity contribution in [3.05, 3.63) is 93.2 Å². The van der Waals surface area contributed by atoms with Crippen molar-refractivity contribution < 1.29 is 9.18 Å². The average Bonchev–Trinajstić information content (AvgIpc) is 2.94. The number of nitrogens with one attached hydrogen (secondary N) is 1. The Bertz CT molecular complexity index is 1300. The van der Waals surface area contributed by atoms with Gasteiger partial charge in [0.15, 0.2) is 0 Å². The lowest BCUT2D eigenvalue weighted by Crippen LogP contribution is -2.25. The van der Waals surface area contributed by atoms with Crippen molar-refractivity contribution in [1.82, 2.24) is 9.88 Å². The van der Waals surface area contributed by atoms with Crippen molar-refractivity contribution in [2.45, 2.75) is 32.1 Å². The summed E-state index contributed by atoms with van der Waals surface area (Å²) in [6.07, 6.45) is 1.95. The van der Waals surface area contributed by atoms with Gasteiger partial charge in [0.25, 0.3) is 5.56 Å². The Hall–Kier alpha value is -3.19. The number of benzene rings is 2. The van der Waals surface area contributed by atoms with Crippen LogP contribution in [0.15, 0.2) is 64.5 Å². The highest BCUT2D eigenvalue weighted by Crippen LogP contribution is 2.39. The summed E-state index contributed by atoms with van der Waals surface area (Å²) in [5, 5.41) is 2.84. The first-order valence-corrected chi connectivity index (χ1v) is 12.6. The number of carbonyl (C=O) groups excluding carboxylic acids is 1. The molecule has 0 bridgehead atoms. The van der Waals surface area contributed by atoms with Gasteiger partial charge in [-0.15, -0.1) is 0 Å². The van der Waals surface area contributed by atoms with Gasteiger partial charge in [-0.2, -0.15) is 11.8 Å². The van der Waals surface area contributed by atoms with E-state index in [2.05, 4.69) is 24.4 Å². The van der Waals surface area contributed by atoms with E-state index in [0.29, 0.717) is 12.3 Å². The van der Waals surface area contributed by atoms with Crippen LogP contribution >= 0.6 is 11.8 Å². The van der Waals surface area contributed by atoms with Gasteiger partial charge < -0.3 is 9.88 Å². The molecule has 0 aliphatic carbocycles. The van der Waals surface area contributed by atoms with E-state index in [4.69, 9.17) is 4.99 Å². The van der Waals surface area contributed by atoms with E-state index in [1.54, 1.807) is 29.8 Å². The predicted octanol–water partition coefficient (Wildman–Crippen LogP) is 4.86. The fraction of sp³-hybridized carbons (Fsp3) is 0.296. The highest BCUT2D eigenvalue weighted by atomic mass is 32.2. The first kappa shape index (κ1) is 24.0. The molecule has 0 spiro atoms. The predicted molar refractivity (Wildman–Crippen MR) is 137 cm³/mol. The summed E-state index contributed by atoms with van der Waals surface area (Å²) in [7, 11) is 1.73. The molecule has 176 valence electrons. The minimum atomic E-state index is -0.545. The highest BCUT2D eigenvalue weighted by molar-refractivity contribution is 7.98. The number of halogens is 1. The van der Waals surface area contributed by atoms with Crippen molar-refractivity contribution in [3.63, 3.8) is 0 Å². The van der Waals surface area contributed by atoms with Crippen molar-refractivity contribution >= 4 is 23.4 Å². The van der Waals surface area contributed by atoms with E-state index in [0.717, 1.165) is 39.3 Å². The normalized spacial score (nSPS) is 14.6. The number of aryl methyl sites for hydroxylation is 1. The van der Waals surface area contributed by atoms with E-state index in [-0.39, 0.29) is 23.7 Å². The van der Waals surface area contributed by atoms with Gasteiger partial charge in [0.1, 0.15) is 5.82 Å². The minimum absolute atomic E-state index is 0.116. The molecule has 3 aromatic rings. The lowest BCUT2D eigenvalue weighted by atomic mass is 9.90. The number of rotatable bonds is 7. The molecule has 1 atom stereocenters. The number of thioether (sulfide) groups is 1. The van der Waals surface area contributed by atoms with Gasteiger partial charge in [-0.05, 0) is 59.7 Å². The zero-order valence-corrected chi connectivity index (χ0v) is 20.4. The number of amides is 1. The molecular weight excluding hydrogens is 449 g/mol. The fourth-order valence-electron chi connectivity index (χ4n) is 4.21. The van der Waals surface area contributed by atoms with E-state index >= 15 is 0 Å². The molecule has 0 radical (unpaired) electrons. The molecule has 1 amide bonds. The Labute approximate surface area is 203 Å². The molecule has 1 aliphatic rings. The van der Waals surface area contributed by atoms with Crippen molar-refractivity contribution in [3.8, 4) is 11.1 Å². The molecule has 0 saturated carbocycles. The minimum Gasteiger partial charge on any atom is -0.356 e. The highest BCUT2D eigenvalue weighted by Gasteiger charge is 2.27. The zero-order valence-electron chi connectivity index (χ0n) is 19.6. The summed E-state index contributed by atoms with van der Waals surface area (Å²) in [6, 6.07) is 13.6. The molecule has 1 N–H and O–H groups in total. The number of aliphatic imine (C=N–C) groups is 1. The maximum atomic E-state index is 13.7. The van der Waals surface area contributed by atoms with E-state index in [1.165, 1.54) is 17.7 Å². The maximum absolute atomic E-state index is 13.7. The summed E-state index contributed by atoms with van der Waals surface area (Å²) in [5.41, 5.74) is 5.94. The molecule has 0 unspecified atom stereocenters. The second kappa shape index (κ2) is 10.4. The second-order valence-electron chi connectivity index (χ2n) is 8.27. The number of pyridine rings is 1. The van der Waals surface area contributed by atoms with Gasteiger partial charge in [-0.25, -0.2) is 4.39 Å². The molecule has 5 nitrogen and oxygen atoms in total. The first-order chi connectivity index (χ1) is 16.4. The summed E-state index contributed by atoms with van der Waals surface area (Å²) >= 11 is 1.84. The van der Waals surface area contributed by atoms with Crippen LogP contribution in [-0.2, 0) is 17.6 Å². The molecule has 1 aromatic heterocycles. The van der Waals surface area contributed by atoms with E-state index in [9.17, 15) is 14.0 Å². The van der Waals surface area contributed by atoms with Crippen LogP contribution in [0.25, 0.3) is 11.1 Å². The van der Waals surface area contributed by atoms with Gasteiger partial charge in [0.2, 0.25) is 5.91 Å². The van der Waals surface area contributed by atoms with Gasteiger partial charge >= 0.3 is 0 Å². The summed E-state index contributed by atoms with van der Waals surface area (Å²) in [6.45, 7) is 4.51. The molecule has 0 fully saturated rings. The average molecular weight is 478 g/mol. The van der Waals surface area contributed by atoms with Crippen LogP contribution in [-0.4, -0.2) is 28.5 Å². The lowest BCUT2D eigenvalue weighted by molar-refractivity contribution is -0.121. The van der Waals surface area contributed by atoms with Crippen LogP contribution in [0.3, 0.4) is 0 Å². The monoisotopic (exact) mass is 477 g/mol. The van der Waals surface area contributed by atoms with Gasteiger partial charge in [-0.3, -0.25) is 14.6 Å².